The van der Waals surface area contributed by atoms with Crippen LogP contribution in [-0.2, 0) is 9.53 Å². The minimum atomic E-state index is -0.667. The van der Waals surface area contributed by atoms with Crippen molar-refractivity contribution in [2.24, 2.45) is 0 Å². The van der Waals surface area contributed by atoms with E-state index in [9.17, 15) is 9.59 Å². The molecule has 4 rings (SSSR count). The standard InChI is InChI=1S/C26H25N3O5/c1-6-32-25-22-21(18-9-7-8-17-19(30)12-15(3)34-24(17)18)20(26(31)33-11-10-27-5)16(4)29-23(22)14(2)13-28-25/h7-9,12-13,21,29H,6,10-11H2,1-4H3. The molecule has 1 aromatic carbocycles. The van der Waals surface area contributed by atoms with E-state index in [4.69, 9.17) is 20.5 Å². The molecule has 3 aromatic rings. The van der Waals surface area contributed by atoms with Gasteiger partial charge in [-0.1, -0.05) is 12.1 Å². The fraction of sp³-hybridized carbons (Fsp3) is 0.308. The maximum Gasteiger partial charge on any atom is 0.337 e. The zero-order valence-electron chi connectivity index (χ0n) is 19.5. The number of hydrogen-bond acceptors (Lipinski definition) is 7. The van der Waals surface area contributed by atoms with Crippen LogP contribution < -0.4 is 15.5 Å². The van der Waals surface area contributed by atoms with Gasteiger partial charge in [-0.25, -0.2) is 16.4 Å². The molecule has 1 aliphatic heterocycles. The lowest BCUT2D eigenvalue weighted by Crippen LogP contribution is -2.26. The van der Waals surface area contributed by atoms with Gasteiger partial charge in [-0.2, -0.15) is 0 Å². The van der Waals surface area contributed by atoms with Crippen molar-refractivity contribution in [3.8, 4) is 5.88 Å². The number of nitrogens with one attached hydrogen (secondary N) is 1. The smallest absolute Gasteiger partial charge is 0.337 e. The number of carbonyl (C=O) groups excluding carboxylic acids is 1. The van der Waals surface area contributed by atoms with Crippen LogP contribution in [0.4, 0.5) is 5.69 Å². The third-order valence-electron chi connectivity index (χ3n) is 5.72. The molecule has 1 atom stereocenters. The molecular formula is C26H25N3O5. The van der Waals surface area contributed by atoms with Crippen molar-refractivity contribution in [3.05, 3.63) is 85.8 Å². The summed E-state index contributed by atoms with van der Waals surface area (Å²) in [5, 5.41) is 3.74. The average molecular weight is 460 g/mol. The van der Waals surface area contributed by atoms with Gasteiger partial charge >= 0.3 is 5.97 Å². The molecule has 1 N–H and O–H groups in total. The van der Waals surface area contributed by atoms with Crippen LogP contribution in [0.3, 0.4) is 0 Å². The van der Waals surface area contributed by atoms with Gasteiger partial charge in [0, 0.05) is 23.5 Å². The molecule has 0 fully saturated rings. The average Bonchev–Trinajstić information content (AvgIpc) is 2.80. The van der Waals surface area contributed by atoms with E-state index in [1.807, 2.05) is 19.9 Å². The molecule has 0 saturated carbocycles. The van der Waals surface area contributed by atoms with Crippen molar-refractivity contribution in [1.82, 2.24) is 4.98 Å². The van der Waals surface area contributed by atoms with Gasteiger partial charge in [-0.05, 0) is 39.3 Å². The molecule has 0 amide bonds. The summed E-state index contributed by atoms with van der Waals surface area (Å²) < 4.78 is 17.4. The fourth-order valence-electron chi connectivity index (χ4n) is 4.30. The first kappa shape index (κ1) is 23.1. The maximum atomic E-state index is 13.3. The summed E-state index contributed by atoms with van der Waals surface area (Å²) in [6.07, 6.45) is 1.72. The highest BCUT2D eigenvalue weighted by atomic mass is 16.5. The second kappa shape index (κ2) is 9.40. The summed E-state index contributed by atoms with van der Waals surface area (Å²) in [4.78, 5) is 33.8. The van der Waals surface area contributed by atoms with Gasteiger partial charge in [0.25, 0.3) is 0 Å². The van der Waals surface area contributed by atoms with E-state index in [2.05, 4.69) is 15.1 Å². The molecule has 1 aliphatic rings. The number of para-hydroxylation sites is 1. The topological polar surface area (TPSA) is 95.0 Å². The number of hydrogen-bond donors (Lipinski definition) is 1. The second-order valence-corrected chi connectivity index (χ2v) is 8.03. The number of aromatic nitrogens is 1. The summed E-state index contributed by atoms with van der Waals surface area (Å²) in [6, 6.07) is 6.75. The van der Waals surface area contributed by atoms with Crippen LogP contribution in [0.15, 0.2) is 50.9 Å². The van der Waals surface area contributed by atoms with Gasteiger partial charge < -0.3 is 24.1 Å². The molecule has 8 nitrogen and oxygen atoms in total. The number of ether oxygens (including phenoxy) is 2. The number of esters is 1. The lowest BCUT2D eigenvalue weighted by Gasteiger charge is -2.32. The molecule has 0 spiro atoms. The molecule has 34 heavy (non-hydrogen) atoms. The molecule has 0 aliphatic carbocycles. The van der Waals surface area contributed by atoms with Crippen LogP contribution in [0.1, 0.15) is 42.2 Å². The quantitative estimate of drug-likeness (QED) is 0.329. The third kappa shape index (κ3) is 4.01. The minimum Gasteiger partial charge on any atom is -0.478 e. The number of benzene rings is 1. The summed E-state index contributed by atoms with van der Waals surface area (Å²) in [5.74, 6) is -0.375. The zero-order valence-corrected chi connectivity index (χ0v) is 19.5. The molecule has 3 heterocycles. The lowest BCUT2D eigenvalue weighted by atomic mass is 9.79. The van der Waals surface area contributed by atoms with Crippen molar-refractivity contribution >= 4 is 22.6 Å². The maximum absolute atomic E-state index is 13.3. The van der Waals surface area contributed by atoms with E-state index >= 15 is 0 Å². The minimum absolute atomic E-state index is 0.0210. The molecule has 2 aromatic heterocycles. The monoisotopic (exact) mass is 459 g/mol. The highest BCUT2D eigenvalue weighted by Gasteiger charge is 2.38. The van der Waals surface area contributed by atoms with Crippen molar-refractivity contribution in [2.75, 3.05) is 25.1 Å². The largest absolute Gasteiger partial charge is 0.478 e. The number of carbonyl (C=O) groups is 1. The van der Waals surface area contributed by atoms with Gasteiger partial charge in [0.1, 0.15) is 11.3 Å². The second-order valence-electron chi connectivity index (χ2n) is 8.03. The molecular weight excluding hydrogens is 434 g/mol. The van der Waals surface area contributed by atoms with Crippen molar-refractivity contribution in [1.29, 1.82) is 0 Å². The van der Waals surface area contributed by atoms with Gasteiger partial charge in [0.15, 0.2) is 12.0 Å². The first-order valence-electron chi connectivity index (χ1n) is 11.0. The SMILES string of the molecule is [C-]#[N+]CCOC(=O)C1=C(C)Nc2c(C)cnc(OCC)c2C1c1cccc2c(=O)cc(C)oc12. The Morgan fingerprint density at radius 2 is 2.09 bits per heavy atom. The molecule has 1 unspecified atom stereocenters. The Morgan fingerprint density at radius 3 is 2.82 bits per heavy atom. The van der Waals surface area contributed by atoms with Crippen LogP contribution in [0, 0.1) is 20.4 Å². The van der Waals surface area contributed by atoms with E-state index in [0.717, 1.165) is 11.3 Å². The van der Waals surface area contributed by atoms with E-state index in [1.165, 1.54) is 6.07 Å². The van der Waals surface area contributed by atoms with Gasteiger partial charge in [0.05, 0.1) is 34.7 Å². The Hall–Kier alpha value is -4.12. The molecule has 174 valence electrons. The van der Waals surface area contributed by atoms with Crippen LogP contribution in [0.2, 0.25) is 0 Å². The van der Waals surface area contributed by atoms with E-state index < -0.39 is 11.9 Å². The highest BCUT2D eigenvalue weighted by Crippen LogP contribution is 2.48. The molecule has 0 radical (unpaired) electrons. The first-order valence-corrected chi connectivity index (χ1v) is 11.0. The molecule has 8 heteroatoms. The highest BCUT2D eigenvalue weighted by molar-refractivity contribution is 5.97. The van der Waals surface area contributed by atoms with Crippen molar-refractivity contribution < 1.29 is 18.7 Å². The number of rotatable bonds is 6. The molecule has 0 saturated heterocycles. The predicted octanol–water partition coefficient (Wildman–Crippen LogP) is 4.50. The number of allylic oxidation sites excluding steroid dienone is 1. The first-order chi connectivity index (χ1) is 16.4. The lowest BCUT2D eigenvalue weighted by molar-refractivity contribution is -0.138. The van der Waals surface area contributed by atoms with Gasteiger partial charge in [-0.15, -0.1) is 0 Å². The number of fused-ring (bicyclic) bond motifs is 2. The Kier molecular flexibility index (Phi) is 6.37. The Bertz CT molecular complexity index is 1410. The summed E-state index contributed by atoms with van der Waals surface area (Å²) >= 11 is 0. The summed E-state index contributed by atoms with van der Waals surface area (Å²) in [5.41, 5.74) is 4.15. The normalized spacial score (nSPS) is 14.9. The van der Waals surface area contributed by atoms with Gasteiger partial charge in [0.2, 0.25) is 12.4 Å². The van der Waals surface area contributed by atoms with E-state index in [0.29, 0.717) is 51.6 Å². The zero-order chi connectivity index (χ0) is 24.4. The Morgan fingerprint density at radius 1 is 1.29 bits per heavy atom. The van der Waals surface area contributed by atoms with E-state index in [-0.39, 0.29) is 18.6 Å². The molecule has 0 bridgehead atoms. The van der Waals surface area contributed by atoms with Crippen LogP contribution >= 0.6 is 0 Å². The number of nitrogens with zero attached hydrogens (tertiary/aromatic N) is 2. The van der Waals surface area contributed by atoms with Crippen molar-refractivity contribution in [3.63, 3.8) is 0 Å². The van der Waals surface area contributed by atoms with Crippen molar-refractivity contribution in [2.45, 2.75) is 33.6 Å². The Balaban J connectivity index is 2.04. The van der Waals surface area contributed by atoms with Crippen LogP contribution in [0.25, 0.3) is 15.8 Å². The number of anilines is 1. The van der Waals surface area contributed by atoms with Gasteiger partial charge in [-0.3, -0.25) is 4.79 Å². The third-order valence-corrected chi connectivity index (χ3v) is 5.72. The number of pyridine rings is 1. The van der Waals surface area contributed by atoms with Crippen LogP contribution in [-0.4, -0.2) is 30.7 Å². The summed E-state index contributed by atoms with van der Waals surface area (Å²) in [6.45, 7) is 14.7. The fourth-order valence-corrected chi connectivity index (χ4v) is 4.30. The number of aryl methyl sites for hydroxylation is 2. The van der Waals surface area contributed by atoms with E-state index in [1.54, 1.807) is 32.2 Å². The predicted molar refractivity (Wildman–Crippen MR) is 128 cm³/mol. The Labute approximate surface area is 197 Å². The summed E-state index contributed by atoms with van der Waals surface area (Å²) in [7, 11) is 0. The van der Waals surface area contributed by atoms with Crippen LogP contribution in [0.5, 0.6) is 5.88 Å².